The van der Waals surface area contributed by atoms with Gasteiger partial charge < -0.3 is 14.2 Å². The lowest BCUT2D eigenvalue weighted by Gasteiger charge is -2.13. The van der Waals surface area contributed by atoms with Gasteiger partial charge in [-0.1, -0.05) is 0 Å². The predicted molar refractivity (Wildman–Crippen MR) is 67.4 cm³/mol. The van der Waals surface area contributed by atoms with Crippen LogP contribution in [-0.4, -0.2) is 32.2 Å². The summed E-state index contributed by atoms with van der Waals surface area (Å²) in [5.74, 6) is 1.19. The Hall–Kier alpha value is -1.55. The van der Waals surface area contributed by atoms with E-state index in [2.05, 4.69) is 0 Å². The van der Waals surface area contributed by atoms with Crippen LogP contribution in [0.2, 0.25) is 0 Å². The van der Waals surface area contributed by atoms with E-state index in [4.69, 9.17) is 14.2 Å². The lowest BCUT2D eigenvalue weighted by atomic mass is 10.0. The van der Waals surface area contributed by atoms with E-state index in [1.54, 1.807) is 32.4 Å². The fourth-order valence-corrected chi connectivity index (χ4v) is 2.17. The van der Waals surface area contributed by atoms with Crippen molar-refractivity contribution in [1.29, 1.82) is 0 Å². The minimum absolute atomic E-state index is 0.0150. The zero-order valence-corrected chi connectivity index (χ0v) is 10.9. The van der Waals surface area contributed by atoms with E-state index in [1.807, 2.05) is 6.92 Å². The number of hydrogen-bond acceptors (Lipinski definition) is 4. The van der Waals surface area contributed by atoms with Crippen LogP contribution in [0.15, 0.2) is 18.2 Å². The second-order valence-electron chi connectivity index (χ2n) is 4.44. The van der Waals surface area contributed by atoms with Gasteiger partial charge in [0.2, 0.25) is 0 Å². The van der Waals surface area contributed by atoms with Gasteiger partial charge in [-0.3, -0.25) is 4.79 Å². The summed E-state index contributed by atoms with van der Waals surface area (Å²) in [6, 6.07) is 5.20. The summed E-state index contributed by atoms with van der Waals surface area (Å²) in [6.07, 6.45) is 1.51. The van der Waals surface area contributed by atoms with Gasteiger partial charge in [0, 0.05) is 6.07 Å². The Kier molecular flexibility index (Phi) is 3.87. The zero-order valence-electron chi connectivity index (χ0n) is 10.9. The molecule has 0 aliphatic carbocycles. The number of carbonyl (C=O) groups is 1. The monoisotopic (exact) mass is 250 g/mol. The maximum atomic E-state index is 12.3. The Morgan fingerprint density at radius 1 is 1.28 bits per heavy atom. The van der Waals surface area contributed by atoms with Crippen molar-refractivity contribution >= 4 is 5.78 Å². The number of ketones is 1. The average molecular weight is 250 g/mol. The molecule has 1 saturated heterocycles. The second-order valence-corrected chi connectivity index (χ2v) is 4.44. The van der Waals surface area contributed by atoms with Gasteiger partial charge >= 0.3 is 0 Å². The molecule has 0 N–H and O–H groups in total. The van der Waals surface area contributed by atoms with Crippen LogP contribution in [0.25, 0.3) is 0 Å². The number of carbonyl (C=O) groups excluding carboxylic acids is 1. The summed E-state index contributed by atoms with van der Waals surface area (Å²) in [4.78, 5) is 12.3. The first-order valence-corrected chi connectivity index (χ1v) is 6.07. The highest BCUT2D eigenvalue weighted by molar-refractivity contribution is 6.02. The lowest BCUT2D eigenvalue weighted by Crippen LogP contribution is -2.21. The van der Waals surface area contributed by atoms with Crippen molar-refractivity contribution in [2.24, 2.45) is 0 Å². The summed E-state index contributed by atoms with van der Waals surface area (Å²) in [6.45, 7) is 1.98. The van der Waals surface area contributed by atoms with Gasteiger partial charge in [0.1, 0.15) is 17.6 Å². The van der Waals surface area contributed by atoms with Crippen LogP contribution in [0.1, 0.15) is 30.1 Å². The van der Waals surface area contributed by atoms with E-state index < -0.39 is 0 Å². The molecule has 2 atom stereocenters. The Morgan fingerprint density at radius 2 is 2.06 bits per heavy atom. The Morgan fingerprint density at radius 3 is 2.61 bits per heavy atom. The fourth-order valence-electron chi connectivity index (χ4n) is 2.17. The van der Waals surface area contributed by atoms with Gasteiger partial charge in [0.15, 0.2) is 5.78 Å². The highest BCUT2D eigenvalue weighted by Gasteiger charge is 2.30. The predicted octanol–water partition coefficient (Wildman–Crippen LogP) is 2.45. The summed E-state index contributed by atoms with van der Waals surface area (Å²) in [5.41, 5.74) is 0.553. The first-order chi connectivity index (χ1) is 8.65. The van der Waals surface area contributed by atoms with Crippen molar-refractivity contribution in [3.63, 3.8) is 0 Å². The Bertz CT molecular complexity index is 441. The number of Topliss-reactive ketones (excluding diaryl/α,β-unsaturated/α-hetero) is 1. The minimum atomic E-state index is -0.345. The first-order valence-electron chi connectivity index (χ1n) is 6.07. The minimum Gasteiger partial charge on any atom is -0.497 e. The number of benzene rings is 1. The van der Waals surface area contributed by atoms with Crippen LogP contribution >= 0.6 is 0 Å². The van der Waals surface area contributed by atoms with Gasteiger partial charge in [-0.05, 0) is 31.9 Å². The standard InChI is InChI=1S/C14H18O4/c1-9-4-7-12(18-9)14(15)11-6-5-10(16-2)8-13(11)17-3/h5-6,8-9,12H,4,7H2,1-3H3. The van der Waals surface area contributed by atoms with Crippen LogP contribution in [0.4, 0.5) is 0 Å². The topological polar surface area (TPSA) is 44.8 Å². The molecule has 0 radical (unpaired) electrons. The number of methoxy groups -OCH3 is 2. The van der Waals surface area contributed by atoms with E-state index in [0.29, 0.717) is 17.1 Å². The highest BCUT2D eigenvalue weighted by atomic mass is 16.5. The SMILES string of the molecule is COc1ccc(C(=O)C2CCC(C)O2)c(OC)c1. The zero-order chi connectivity index (χ0) is 13.1. The van der Waals surface area contributed by atoms with Crippen LogP contribution in [0.3, 0.4) is 0 Å². The van der Waals surface area contributed by atoms with Gasteiger partial charge in [-0.15, -0.1) is 0 Å². The first kappa shape index (κ1) is 12.9. The van der Waals surface area contributed by atoms with Crippen LogP contribution in [-0.2, 0) is 4.74 Å². The molecule has 1 heterocycles. The van der Waals surface area contributed by atoms with Crippen LogP contribution < -0.4 is 9.47 Å². The molecule has 0 aromatic heterocycles. The molecule has 0 saturated carbocycles. The molecule has 1 aliphatic heterocycles. The van der Waals surface area contributed by atoms with E-state index in [-0.39, 0.29) is 18.0 Å². The van der Waals surface area contributed by atoms with Crippen molar-refractivity contribution in [2.45, 2.75) is 32.0 Å². The molecule has 2 unspecified atom stereocenters. The summed E-state index contributed by atoms with van der Waals surface area (Å²) in [5, 5.41) is 0. The summed E-state index contributed by atoms with van der Waals surface area (Å²) < 4.78 is 15.9. The maximum absolute atomic E-state index is 12.3. The second kappa shape index (κ2) is 5.40. The third kappa shape index (κ3) is 2.48. The molecular weight excluding hydrogens is 232 g/mol. The van der Waals surface area contributed by atoms with Crippen molar-refractivity contribution in [1.82, 2.24) is 0 Å². The molecule has 1 aromatic rings. The third-order valence-corrected chi connectivity index (χ3v) is 3.20. The molecule has 4 nitrogen and oxygen atoms in total. The molecule has 18 heavy (non-hydrogen) atoms. The van der Waals surface area contributed by atoms with E-state index in [1.165, 1.54) is 0 Å². The fraction of sp³-hybridized carbons (Fsp3) is 0.500. The Balaban J connectivity index is 2.24. The smallest absolute Gasteiger partial charge is 0.195 e. The largest absolute Gasteiger partial charge is 0.497 e. The summed E-state index contributed by atoms with van der Waals surface area (Å²) in [7, 11) is 3.13. The van der Waals surface area contributed by atoms with Gasteiger partial charge in [0.25, 0.3) is 0 Å². The molecule has 2 rings (SSSR count). The third-order valence-electron chi connectivity index (χ3n) is 3.20. The molecule has 1 aliphatic rings. The van der Waals surface area contributed by atoms with Gasteiger partial charge in [-0.2, -0.15) is 0 Å². The maximum Gasteiger partial charge on any atom is 0.195 e. The normalized spacial score (nSPS) is 22.8. The van der Waals surface area contributed by atoms with Gasteiger partial charge in [0.05, 0.1) is 25.9 Å². The quantitative estimate of drug-likeness (QED) is 0.770. The van der Waals surface area contributed by atoms with E-state index >= 15 is 0 Å². The number of hydrogen-bond donors (Lipinski definition) is 0. The van der Waals surface area contributed by atoms with E-state index in [0.717, 1.165) is 12.8 Å². The molecule has 0 bridgehead atoms. The molecule has 0 spiro atoms. The Labute approximate surface area is 107 Å². The van der Waals surface area contributed by atoms with Crippen molar-refractivity contribution < 1.29 is 19.0 Å². The molecule has 1 fully saturated rings. The molecule has 4 heteroatoms. The average Bonchev–Trinajstić information content (AvgIpc) is 2.83. The highest BCUT2D eigenvalue weighted by Crippen LogP contribution is 2.29. The number of ether oxygens (including phenoxy) is 3. The lowest BCUT2D eigenvalue weighted by molar-refractivity contribution is 0.0431. The van der Waals surface area contributed by atoms with Crippen LogP contribution in [0, 0.1) is 0 Å². The summed E-state index contributed by atoms with van der Waals surface area (Å²) >= 11 is 0. The van der Waals surface area contributed by atoms with Crippen molar-refractivity contribution in [3.8, 4) is 11.5 Å². The molecule has 0 amide bonds. The molecular formula is C14H18O4. The van der Waals surface area contributed by atoms with Crippen LogP contribution in [0.5, 0.6) is 11.5 Å². The van der Waals surface area contributed by atoms with Crippen molar-refractivity contribution in [3.05, 3.63) is 23.8 Å². The van der Waals surface area contributed by atoms with E-state index in [9.17, 15) is 4.79 Å². The number of rotatable bonds is 4. The molecule has 1 aromatic carbocycles. The molecule has 98 valence electrons. The van der Waals surface area contributed by atoms with Crippen molar-refractivity contribution in [2.75, 3.05) is 14.2 Å². The van der Waals surface area contributed by atoms with Gasteiger partial charge in [-0.25, -0.2) is 0 Å².